The second kappa shape index (κ2) is 13.5. The van der Waals surface area contributed by atoms with Crippen LogP contribution in [0.4, 0.5) is 27.8 Å². The number of hydrogen-bond acceptors (Lipinski definition) is 10. The normalized spacial score (nSPS) is 26.4. The lowest BCUT2D eigenvalue weighted by atomic mass is 9.80. The van der Waals surface area contributed by atoms with Crippen molar-refractivity contribution in [3.05, 3.63) is 60.2 Å². The van der Waals surface area contributed by atoms with E-state index in [4.69, 9.17) is 9.47 Å². The van der Waals surface area contributed by atoms with Crippen molar-refractivity contribution in [3.8, 4) is 11.3 Å². The van der Waals surface area contributed by atoms with Gasteiger partial charge in [0, 0.05) is 38.8 Å². The van der Waals surface area contributed by atoms with Crippen molar-refractivity contribution in [1.29, 1.82) is 0 Å². The van der Waals surface area contributed by atoms with Crippen LogP contribution in [0.25, 0.3) is 11.3 Å². The lowest BCUT2D eigenvalue weighted by Crippen LogP contribution is -2.59. The van der Waals surface area contributed by atoms with Crippen LogP contribution in [0.2, 0.25) is 0 Å². The molecule has 46 heavy (non-hydrogen) atoms. The van der Waals surface area contributed by atoms with E-state index in [9.17, 15) is 42.1 Å². The fourth-order valence-corrected chi connectivity index (χ4v) is 7.35. The second-order valence-corrected chi connectivity index (χ2v) is 12.5. The van der Waals surface area contributed by atoms with E-state index in [0.717, 1.165) is 28.6 Å². The van der Waals surface area contributed by atoms with Gasteiger partial charge in [-0.2, -0.15) is 0 Å². The molecule has 1 saturated carbocycles. The van der Waals surface area contributed by atoms with Crippen molar-refractivity contribution in [1.82, 2.24) is 20.0 Å². The van der Waals surface area contributed by atoms with E-state index in [-0.39, 0.29) is 17.1 Å². The number of benzene rings is 1. The Morgan fingerprint density at radius 1 is 1.20 bits per heavy atom. The average molecular weight is 674 g/mol. The molecular formula is C29H32F5N5O6S. The number of methoxy groups -OCH3 is 1. The van der Waals surface area contributed by atoms with E-state index in [2.05, 4.69) is 15.3 Å². The summed E-state index contributed by atoms with van der Waals surface area (Å²) in [5.41, 5.74) is -3.35. The summed E-state index contributed by atoms with van der Waals surface area (Å²) in [6.45, 7) is -0.704. The number of ether oxygens (including phenoxy) is 2. The van der Waals surface area contributed by atoms with Crippen LogP contribution in [0, 0.1) is 17.5 Å². The molecule has 6 atom stereocenters. The summed E-state index contributed by atoms with van der Waals surface area (Å²) >= 11 is 0.778. The predicted octanol–water partition coefficient (Wildman–Crippen LogP) is 3.10. The summed E-state index contributed by atoms with van der Waals surface area (Å²) in [5.74, 6) is -8.02. The molecule has 1 saturated heterocycles. The Hall–Kier alpha value is -3.22. The number of halogens is 5. The van der Waals surface area contributed by atoms with Crippen LogP contribution in [0.5, 0.6) is 0 Å². The summed E-state index contributed by atoms with van der Waals surface area (Å²) in [4.78, 5) is 19.3. The van der Waals surface area contributed by atoms with Crippen LogP contribution in [-0.2, 0) is 14.3 Å². The molecule has 1 aliphatic carbocycles. The molecule has 2 fully saturated rings. The number of carbonyl (C=O) groups is 1. The quantitative estimate of drug-likeness (QED) is 0.229. The van der Waals surface area contributed by atoms with Crippen molar-refractivity contribution in [3.63, 3.8) is 0 Å². The zero-order chi connectivity index (χ0) is 33.4. The van der Waals surface area contributed by atoms with Crippen LogP contribution in [0.1, 0.15) is 31.7 Å². The largest absolute Gasteiger partial charge is 0.394 e. The zero-order valence-electron chi connectivity index (χ0n) is 24.6. The highest BCUT2D eigenvalue weighted by atomic mass is 32.2. The third-order valence-corrected chi connectivity index (χ3v) is 9.91. The van der Waals surface area contributed by atoms with Crippen LogP contribution >= 0.6 is 11.8 Å². The molecule has 5 rings (SSSR count). The summed E-state index contributed by atoms with van der Waals surface area (Å²) < 4.78 is 82.5. The van der Waals surface area contributed by atoms with Gasteiger partial charge in [-0.1, -0.05) is 11.3 Å². The standard InChI is InChI=1S/C29H32F5N5O6S/c1-38(20-5-3-4-10-35-20)26(42)25(28(43)6-8-29(33,34)9-7-28)46-27-24(44-2)22(23(41)19(14-40)45-27)39-13-18(36-37-39)15-11-16(30)21(32)17(31)12-15/h3-5,10-13,19,22-25,27,40-41,43H,6-9,14H2,1-2H3/t19-,22+,23+,24-,25?,27+/m1/s1. The lowest BCUT2D eigenvalue weighted by molar-refractivity contribution is -0.186. The second-order valence-electron chi connectivity index (χ2n) is 11.3. The summed E-state index contributed by atoms with van der Waals surface area (Å²) in [6.07, 6.45) is -3.39. The maximum absolute atomic E-state index is 14.2. The number of alkyl halides is 2. The Morgan fingerprint density at radius 3 is 2.46 bits per heavy atom. The smallest absolute Gasteiger partial charge is 0.248 e. The fourth-order valence-electron chi connectivity index (χ4n) is 5.68. The zero-order valence-corrected chi connectivity index (χ0v) is 25.5. The number of rotatable bonds is 9. The number of aliphatic hydroxyl groups excluding tert-OH is 2. The molecular weight excluding hydrogens is 641 g/mol. The van der Waals surface area contributed by atoms with Crippen LogP contribution in [-0.4, -0.2) is 102 Å². The minimum atomic E-state index is -3.02. The Bertz CT molecular complexity index is 1500. The minimum absolute atomic E-state index is 0.0846. The predicted molar refractivity (Wildman–Crippen MR) is 154 cm³/mol. The van der Waals surface area contributed by atoms with Gasteiger partial charge in [-0.25, -0.2) is 31.6 Å². The number of carbonyl (C=O) groups excluding carboxylic acids is 1. The number of anilines is 1. The van der Waals surface area contributed by atoms with Gasteiger partial charge in [-0.05, 0) is 37.1 Å². The van der Waals surface area contributed by atoms with Gasteiger partial charge in [0.1, 0.15) is 46.6 Å². The lowest BCUT2D eigenvalue weighted by Gasteiger charge is -2.47. The first-order valence-electron chi connectivity index (χ1n) is 14.3. The van der Waals surface area contributed by atoms with Gasteiger partial charge in [0.05, 0.1) is 18.4 Å². The number of aromatic nitrogens is 4. The van der Waals surface area contributed by atoms with E-state index in [1.807, 2.05) is 0 Å². The Labute approximate surface area is 264 Å². The van der Waals surface area contributed by atoms with Gasteiger partial charge in [-0.3, -0.25) is 9.69 Å². The average Bonchev–Trinajstić information content (AvgIpc) is 3.53. The van der Waals surface area contributed by atoms with Crippen LogP contribution < -0.4 is 4.90 Å². The molecule has 3 N–H and O–H groups in total. The van der Waals surface area contributed by atoms with Crippen molar-refractivity contribution in [2.75, 3.05) is 25.7 Å². The van der Waals surface area contributed by atoms with E-state index < -0.39 is 102 Å². The fraction of sp³-hybridized carbons (Fsp3) is 0.517. The molecule has 2 aliphatic rings. The van der Waals surface area contributed by atoms with Crippen LogP contribution in [0.15, 0.2) is 42.7 Å². The monoisotopic (exact) mass is 673 g/mol. The van der Waals surface area contributed by atoms with Crippen molar-refractivity contribution >= 4 is 23.5 Å². The Kier molecular flexibility index (Phi) is 10.0. The summed E-state index contributed by atoms with van der Waals surface area (Å²) in [6, 6.07) is 5.11. The SMILES string of the molecule is CO[C@@H]1[C@@H](n2cc(-c3cc(F)c(F)c(F)c3)nn2)[C@@H](O)[C@@H](CO)O[C@H]1SC(C(=O)N(C)c1ccccn1)C1(O)CCC(F)(F)CC1. The topological polar surface area (TPSA) is 143 Å². The van der Waals surface area contributed by atoms with Crippen molar-refractivity contribution in [2.24, 2.45) is 0 Å². The number of nitrogens with zero attached hydrogens (tertiary/aromatic N) is 5. The van der Waals surface area contributed by atoms with Gasteiger partial charge >= 0.3 is 0 Å². The highest BCUT2D eigenvalue weighted by Crippen LogP contribution is 2.47. The van der Waals surface area contributed by atoms with Gasteiger partial charge in [0.15, 0.2) is 17.5 Å². The molecule has 0 spiro atoms. The number of amides is 1. The maximum Gasteiger partial charge on any atom is 0.248 e. The molecule has 250 valence electrons. The first-order chi connectivity index (χ1) is 21.8. The number of hydrogen-bond donors (Lipinski definition) is 3. The highest BCUT2D eigenvalue weighted by molar-refractivity contribution is 8.01. The molecule has 1 unspecified atom stereocenters. The third-order valence-electron chi connectivity index (χ3n) is 8.35. The van der Waals surface area contributed by atoms with E-state index >= 15 is 0 Å². The molecule has 1 aromatic carbocycles. The van der Waals surface area contributed by atoms with Gasteiger partial charge in [0.25, 0.3) is 0 Å². The van der Waals surface area contributed by atoms with Gasteiger partial charge in [-0.15, -0.1) is 16.9 Å². The number of thioether (sulfide) groups is 1. The Morgan fingerprint density at radius 2 is 1.87 bits per heavy atom. The first kappa shape index (κ1) is 34.1. The van der Waals surface area contributed by atoms with Gasteiger partial charge < -0.3 is 24.8 Å². The first-order valence-corrected chi connectivity index (χ1v) is 15.2. The molecule has 17 heteroatoms. The molecule has 0 radical (unpaired) electrons. The summed E-state index contributed by atoms with van der Waals surface area (Å²) in [5, 5.41) is 39.5. The molecule has 2 aromatic heterocycles. The summed E-state index contributed by atoms with van der Waals surface area (Å²) in [7, 11) is 2.70. The van der Waals surface area contributed by atoms with Gasteiger partial charge in [0.2, 0.25) is 11.8 Å². The number of aliphatic hydroxyl groups is 3. The molecule has 11 nitrogen and oxygen atoms in total. The third kappa shape index (κ3) is 6.75. The van der Waals surface area contributed by atoms with E-state index in [1.54, 1.807) is 18.2 Å². The van der Waals surface area contributed by atoms with E-state index in [1.165, 1.54) is 31.5 Å². The van der Waals surface area contributed by atoms with Crippen LogP contribution in [0.3, 0.4) is 0 Å². The van der Waals surface area contributed by atoms with Crippen molar-refractivity contribution in [2.45, 2.75) is 72.2 Å². The minimum Gasteiger partial charge on any atom is -0.394 e. The highest BCUT2D eigenvalue weighted by Gasteiger charge is 2.54. The molecule has 1 amide bonds. The molecule has 3 heterocycles. The molecule has 0 bridgehead atoms. The maximum atomic E-state index is 14.2. The van der Waals surface area contributed by atoms with E-state index in [0.29, 0.717) is 0 Å². The van der Waals surface area contributed by atoms with Crippen molar-refractivity contribution < 1.29 is 51.5 Å². The number of pyridine rings is 1. The molecule has 3 aromatic rings. The Balaban J connectivity index is 1.49. The molecule has 1 aliphatic heterocycles.